The van der Waals surface area contributed by atoms with Crippen LogP contribution in [0.2, 0.25) is 0 Å². The van der Waals surface area contributed by atoms with Gasteiger partial charge in [-0.05, 0) is 44.3 Å². The largest absolute Gasteiger partial charge is 0.441 e. The topological polar surface area (TPSA) is 76.4 Å². The molecule has 0 unspecified atom stereocenters. The van der Waals surface area contributed by atoms with E-state index in [1.54, 1.807) is 18.4 Å². The summed E-state index contributed by atoms with van der Waals surface area (Å²) in [6, 6.07) is 1.96. The molecule has 152 valence electrons. The van der Waals surface area contributed by atoms with Gasteiger partial charge in [0.2, 0.25) is 11.8 Å². The van der Waals surface area contributed by atoms with Crippen molar-refractivity contribution < 1.29 is 13.9 Å². The van der Waals surface area contributed by atoms with Gasteiger partial charge in [-0.3, -0.25) is 4.79 Å². The third kappa shape index (κ3) is 6.19. The zero-order chi connectivity index (χ0) is 17.7. The van der Waals surface area contributed by atoms with Crippen LogP contribution in [-0.2, 0) is 16.0 Å². The first-order valence-electron chi connectivity index (χ1n) is 8.57. The number of thiophene rings is 1. The standard InChI is InChI=1S/C18H25N3O3S.2ClH/c1-13-15(21-17(24-13)14-3-8-25-10-14)9-16(22)20-11-18(12-23-2)4-6-19-7-5-18;;/h3,8,10,19H,4-7,9,11-12H2,1-2H3,(H,20,22);2*1H. The molecule has 0 saturated carbocycles. The van der Waals surface area contributed by atoms with Crippen molar-refractivity contribution in [2.45, 2.75) is 26.2 Å². The fourth-order valence-corrected chi connectivity index (χ4v) is 3.87. The molecule has 1 aliphatic heterocycles. The number of methoxy groups -OCH3 is 1. The number of hydrogen-bond acceptors (Lipinski definition) is 6. The second kappa shape index (κ2) is 11.0. The average molecular weight is 436 g/mol. The number of rotatable bonds is 7. The lowest BCUT2D eigenvalue weighted by molar-refractivity contribution is -0.121. The average Bonchev–Trinajstić information content (AvgIpc) is 3.25. The van der Waals surface area contributed by atoms with Gasteiger partial charge >= 0.3 is 0 Å². The molecule has 3 heterocycles. The van der Waals surface area contributed by atoms with Crippen LogP contribution in [0, 0.1) is 12.3 Å². The smallest absolute Gasteiger partial charge is 0.227 e. The van der Waals surface area contributed by atoms with Crippen LogP contribution in [0.1, 0.15) is 24.3 Å². The van der Waals surface area contributed by atoms with Crippen molar-refractivity contribution in [1.82, 2.24) is 15.6 Å². The Morgan fingerprint density at radius 3 is 2.78 bits per heavy atom. The molecule has 0 atom stereocenters. The van der Waals surface area contributed by atoms with E-state index < -0.39 is 0 Å². The Morgan fingerprint density at radius 1 is 1.41 bits per heavy atom. The van der Waals surface area contributed by atoms with Crippen LogP contribution in [-0.4, -0.2) is 44.2 Å². The van der Waals surface area contributed by atoms with Gasteiger partial charge in [-0.15, -0.1) is 24.8 Å². The molecule has 0 spiro atoms. The van der Waals surface area contributed by atoms with Crippen molar-refractivity contribution in [2.24, 2.45) is 5.41 Å². The third-order valence-electron chi connectivity index (χ3n) is 4.76. The summed E-state index contributed by atoms with van der Waals surface area (Å²) in [6.07, 6.45) is 2.25. The fraction of sp³-hybridized carbons (Fsp3) is 0.556. The normalized spacial score (nSPS) is 15.5. The Balaban J connectivity index is 0.00000182. The monoisotopic (exact) mass is 435 g/mol. The summed E-state index contributed by atoms with van der Waals surface area (Å²) in [5.74, 6) is 1.25. The minimum absolute atomic E-state index is 0. The molecule has 1 fully saturated rings. The summed E-state index contributed by atoms with van der Waals surface area (Å²) in [7, 11) is 1.72. The van der Waals surface area contributed by atoms with Crippen LogP contribution >= 0.6 is 36.2 Å². The number of oxazole rings is 1. The second-order valence-corrected chi connectivity index (χ2v) is 7.45. The van der Waals surface area contributed by atoms with Crippen molar-refractivity contribution >= 4 is 42.1 Å². The number of hydrogen-bond donors (Lipinski definition) is 2. The van der Waals surface area contributed by atoms with Crippen LogP contribution in [0.5, 0.6) is 0 Å². The van der Waals surface area contributed by atoms with Gasteiger partial charge in [0.25, 0.3) is 0 Å². The Bertz CT molecular complexity index is 695. The molecule has 6 nitrogen and oxygen atoms in total. The first kappa shape index (κ1) is 23.9. The van der Waals surface area contributed by atoms with E-state index in [-0.39, 0.29) is 42.6 Å². The van der Waals surface area contributed by atoms with E-state index >= 15 is 0 Å². The van der Waals surface area contributed by atoms with Gasteiger partial charge in [-0.25, -0.2) is 4.98 Å². The summed E-state index contributed by atoms with van der Waals surface area (Å²) in [5, 5.41) is 10.4. The number of ether oxygens (including phenoxy) is 1. The minimum Gasteiger partial charge on any atom is -0.441 e. The molecule has 3 rings (SSSR count). The van der Waals surface area contributed by atoms with Gasteiger partial charge in [0.15, 0.2) is 0 Å². The van der Waals surface area contributed by atoms with Gasteiger partial charge in [0.05, 0.1) is 18.7 Å². The molecule has 2 aromatic rings. The Morgan fingerprint density at radius 2 is 2.15 bits per heavy atom. The first-order valence-corrected chi connectivity index (χ1v) is 9.51. The number of nitrogens with one attached hydrogen (secondary N) is 2. The van der Waals surface area contributed by atoms with Gasteiger partial charge in [0.1, 0.15) is 5.76 Å². The third-order valence-corrected chi connectivity index (χ3v) is 5.45. The zero-order valence-corrected chi connectivity index (χ0v) is 18.0. The number of piperidine rings is 1. The quantitative estimate of drug-likeness (QED) is 0.697. The Hall–Kier alpha value is -1.12. The minimum atomic E-state index is -0.0257. The number of nitrogens with zero attached hydrogens (tertiary/aromatic N) is 1. The van der Waals surface area contributed by atoms with E-state index in [0.717, 1.165) is 31.5 Å². The molecule has 1 aliphatic rings. The molecule has 2 aromatic heterocycles. The predicted molar refractivity (Wildman–Crippen MR) is 112 cm³/mol. The van der Waals surface area contributed by atoms with Crippen LogP contribution in [0.15, 0.2) is 21.2 Å². The van der Waals surface area contributed by atoms with Gasteiger partial charge in [-0.1, -0.05) is 0 Å². The summed E-state index contributed by atoms with van der Waals surface area (Å²) < 4.78 is 11.1. The van der Waals surface area contributed by atoms with E-state index in [4.69, 9.17) is 9.15 Å². The SMILES string of the molecule is COCC1(CNC(=O)Cc2nc(-c3ccsc3)oc2C)CCNCC1.Cl.Cl. The molecule has 0 radical (unpaired) electrons. The molecule has 0 aromatic carbocycles. The molecule has 1 saturated heterocycles. The number of halogens is 2. The molecular formula is C18H27Cl2N3O3S. The van der Waals surface area contributed by atoms with Crippen molar-refractivity contribution in [1.29, 1.82) is 0 Å². The number of carbonyl (C=O) groups excluding carboxylic acids is 1. The fourth-order valence-electron chi connectivity index (χ4n) is 3.24. The van der Waals surface area contributed by atoms with Crippen LogP contribution in [0.25, 0.3) is 11.5 Å². The summed E-state index contributed by atoms with van der Waals surface area (Å²) in [4.78, 5) is 16.9. The predicted octanol–water partition coefficient (Wildman–Crippen LogP) is 3.23. The lowest BCUT2D eigenvalue weighted by Gasteiger charge is -2.37. The van der Waals surface area contributed by atoms with Gasteiger partial charge in [-0.2, -0.15) is 11.3 Å². The van der Waals surface area contributed by atoms with E-state index in [0.29, 0.717) is 30.5 Å². The highest BCUT2D eigenvalue weighted by atomic mass is 35.5. The summed E-state index contributed by atoms with van der Waals surface area (Å²) in [6.45, 7) is 5.08. The van der Waals surface area contributed by atoms with E-state index in [1.807, 2.05) is 23.8 Å². The maximum absolute atomic E-state index is 12.4. The van der Waals surface area contributed by atoms with Gasteiger partial charge < -0.3 is 19.8 Å². The van der Waals surface area contributed by atoms with Crippen molar-refractivity contribution in [3.8, 4) is 11.5 Å². The lowest BCUT2D eigenvalue weighted by atomic mass is 9.79. The molecule has 0 bridgehead atoms. The highest BCUT2D eigenvalue weighted by Crippen LogP contribution is 2.28. The van der Waals surface area contributed by atoms with E-state index in [2.05, 4.69) is 15.6 Å². The van der Waals surface area contributed by atoms with E-state index in [9.17, 15) is 4.79 Å². The Kier molecular flexibility index (Phi) is 9.76. The highest BCUT2D eigenvalue weighted by molar-refractivity contribution is 7.08. The molecular weight excluding hydrogens is 409 g/mol. The summed E-state index contributed by atoms with van der Waals surface area (Å²) in [5.41, 5.74) is 1.68. The molecule has 1 amide bonds. The maximum atomic E-state index is 12.4. The van der Waals surface area contributed by atoms with Crippen molar-refractivity contribution in [3.63, 3.8) is 0 Å². The van der Waals surface area contributed by atoms with E-state index in [1.165, 1.54) is 0 Å². The number of amides is 1. The first-order chi connectivity index (χ1) is 12.1. The molecule has 9 heteroatoms. The summed E-state index contributed by atoms with van der Waals surface area (Å²) >= 11 is 1.60. The maximum Gasteiger partial charge on any atom is 0.227 e. The number of carbonyl (C=O) groups is 1. The van der Waals surface area contributed by atoms with Gasteiger partial charge in [0, 0.05) is 30.0 Å². The second-order valence-electron chi connectivity index (χ2n) is 6.67. The van der Waals surface area contributed by atoms with Crippen molar-refractivity contribution in [3.05, 3.63) is 28.3 Å². The molecule has 2 N–H and O–H groups in total. The lowest BCUT2D eigenvalue weighted by Crippen LogP contribution is -2.47. The number of aromatic nitrogens is 1. The van der Waals surface area contributed by atoms with Crippen LogP contribution in [0.4, 0.5) is 0 Å². The molecule has 27 heavy (non-hydrogen) atoms. The zero-order valence-electron chi connectivity index (χ0n) is 15.6. The molecule has 0 aliphatic carbocycles. The van der Waals surface area contributed by atoms with Crippen LogP contribution < -0.4 is 10.6 Å². The van der Waals surface area contributed by atoms with Crippen LogP contribution in [0.3, 0.4) is 0 Å². The number of aryl methyl sites for hydroxylation is 1. The highest BCUT2D eigenvalue weighted by Gasteiger charge is 2.32. The van der Waals surface area contributed by atoms with Crippen molar-refractivity contribution in [2.75, 3.05) is 33.4 Å². The Labute approximate surface area is 176 Å².